The predicted octanol–water partition coefficient (Wildman–Crippen LogP) is 2.00. The molecule has 0 bridgehead atoms. The molecule has 16 heavy (non-hydrogen) atoms. The van der Waals surface area contributed by atoms with Gasteiger partial charge in [-0.25, -0.2) is 4.79 Å². The lowest BCUT2D eigenvalue weighted by Crippen LogP contribution is -2.44. The molecule has 2 N–H and O–H groups in total. The molecule has 92 valence electrons. The van der Waals surface area contributed by atoms with E-state index in [0.717, 1.165) is 0 Å². The molecule has 0 aromatic carbocycles. The van der Waals surface area contributed by atoms with Crippen LogP contribution in [-0.4, -0.2) is 28.9 Å². The molecule has 4 nitrogen and oxygen atoms in total. The zero-order valence-corrected chi connectivity index (χ0v) is 10.2. The summed E-state index contributed by atoms with van der Waals surface area (Å²) in [5, 5.41) is 12.1. The summed E-state index contributed by atoms with van der Waals surface area (Å²) in [6, 6.07) is -0.454. The standard InChI is InChI=1S/C12H21NO3/c1-6-8-9(10(14)7-2)13-11(15)16-12(3,4)5/h6-7,9-10,14H,1-2,8H2,3-5H3,(H,13,15). The van der Waals surface area contributed by atoms with E-state index in [1.54, 1.807) is 26.8 Å². The third-order valence-corrected chi connectivity index (χ3v) is 1.78. The molecule has 0 aliphatic rings. The third kappa shape index (κ3) is 6.24. The highest BCUT2D eigenvalue weighted by molar-refractivity contribution is 5.68. The maximum atomic E-state index is 11.5. The highest BCUT2D eigenvalue weighted by Gasteiger charge is 2.21. The largest absolute Gasteiger partial charge is 0.444 e. The van der Waals surface area contributed by atoms with E-state index < -0.39 is 23.8 Å². The Bertz CT molecular complexity index is 255. The second kappa shape index (κ2) is 6.33. The van der Waals surface area contributed by atoms with E-state index in [1.807, 2.05) is 0 Å². The summed E-state index contributed by atoms with van der Waals surface area (Å²) in [4.78, 5) is 11.5. The van der Waals surface area contributed by atoms with E-state index in [9.17, 15) is 9.90 Å². The van der Waals surface area contributed by atoms with Gasteiger partial charge in [0.05, 0.1) is 12.1 Å². The molecule has 0 rings (SSSR count). The van der Waals surface area contributed by atoms with Crippen molar-refractivity contribution in [2.45, 2.75) is 44.9 Å². The Labute approximate surface area is 97.0 Å². The van der Waals surface area contributed by atoms with Crippen molar-refractivity contribution in [2.24, 2.45) is 0 Å². The average molecular weight is 227 g/mol. The maximum Gasteiger partial charge on any atom is 0.407 e. The molecule has 0 fully saturated rings. The van der Waals surface area contributed by atoms with Crippen molar-refractivity contribution >= 4 is 6.09 Å². The van der Waals surface area contributed by atoms with Crippen molar-refractivity contribution in [2.75, 3.05) is 0 Å². The highest BCUT2D eigenvalue weighted by Crippen LogP contribution is 2.08. The van der Waals surface area contributed by atoms with Crippen molar-refractivity contribution in [1.82, 2.24) is 5.32 Å². The second-order valence-corrected chi connectivity index (χ2v) is 4.50. The van der Waals surface area contributed by atoms with Gasteiger partial charge in [0.15, 0.2) is 0 Å². The number of hydrogen-bond donors (Lipinski definition) is 2. The monoisotopic (exact) mass is 227 g/mol. The molecule has 2 atom stereocenters. The lowest BCUT2D eigenvalue weighted by Gasteiger charge is -2.24. The van der Waals surface area contributed by atoms with Crippen LogP contribution in [-0.2, 0) is 4.74 Å². The van der Waals surface area contributed by atoms with Gasteiger partial charge >= 0.3 is 6.09 Å². The summed E-state index contributed by atoms with van der Waals surface area (Å²) in [6.07, 6.45) is 2.07. The molecule has 0 radical (unpaired) electrons. The Morgan fingerprint density at radius 2 is 2.06 bits per heavy atom. The van der Waals surface area contributed by atoms with Gasteiger partial charge in [-0.2, -0.15) is 0 Å². The fourth-order valence-corrected chi connectivity index (χ4v) is 1.09. The summed E-state index contributed by atoms with van der Waals surface area (Å²) in [6.45, 7) is 12.4. The van der Waals surface area contributed by atoms with Crippen LogP contribution in [0.4, 0.5) is 4.79 Å². The number of ether oxygens (including phenoxy) is 1. The zero-order valence-electron chi connectivity index (χ0n) is 10.2. The molecule has 0 aromatic heterocycles. The number of amides is 1. The predicted molar refractivity (Wildman–Crippen MR) is 64.2 cm³/mol. The van der Waals surface area contributed by atoms with E-state index in [0.29, 0.717) is 6.42 Å². The number of hydrogen-bond acceptors (Lipinski definition) is 3. The Morgan fingerprint density at radius 3 is 2.44 bits per heavy atom. The Morgan fingerprint density at radius 1 is 1.50 bits per heavy atom. The van der Waals surface area contributed by atoms with Crippen LogP contribution in [0.1, 0.15) is 27.2 Å². The molecule has 1 amide bonds. The topological polar surface area (TPSA) is 58.6 Å². The number of alkyl carbamates (subject to hydrolysis) is 1. The maximum absolute atomic E-state index is 11.5. The van der Waals surface area contributed by atoms with Gasteiger partial charge < -0.3 is 15.2 Å². The van der Waals surface area contributed by atoms with Crippen molar-refractivity contribution in [3.8, 4) is 0 Å². The minimum Gasteiger partial charge on any atom is -0.444 e. The van der Waals surface area contributed by atoms with Crippen LogP contribution in [0, 0.1) is 0 Å². The van der Waals surface area contributed by atoms with Crippen LogP contribution in [0.15, 0.2) is 25.3 Å². The molecular formula is C12H21NO3. The number of aliphatic hydroxyl groups is 1. The van der Waals surface area contributed by atoms with Crippen LogP contribution >= 0.6 is 0 Å². The van der Waals surface area contributed by atoms with E-state index >= 15 is 0 Å². The van der Waals surface area contributed by atoms with Crippen LogP contribution < -0.4 is 5.32 Å². The van der Waals surface area contributed by atoms with Gasteiger partial charge in [0.2, 0.25) is 0 Å². The molecule has 0 aliphatic heterocycles. The molecule has 0 saturated heterocycles. The van der Waals surface area contributed by atoms with Gasteiger partial charge in [0.25, 0.3) is 0 Å². The first-order chi connectivity index (χ1) is 7.30. The number of rotatable bonds is 5. The van der Waals surface area contributed by atoms with Crippen LogP contribution in [0.5, 0.6) is 0 Å². The summed E-state index contributed by atoms with van der Waals surface area (Å²) in [5.74, 6) is 0. The van der Waals surface area contributed by atoms with E-state index in [1.165, 1.54) is 6.08 Å². The molecule has 0 heterocycles. The molecule has 0 aromatic rings. The van der Waals surface area contributed by atoms with Gasteiger partial charge in [-0.1, -0.05) is 12.2 Å². The Kier molecular flexibility index (Phi) is 5.82. The first-order valence-corrected chi connectivity index (χ1v) is 5.21. The molecular weight excluding hydrogens is 206 g/mol. The normalized spacial score (nSPS) is 14.8. The molecule has 0 aliphatic carbocycles. The van der Waals surface area contributed by atoms with Crippen molar-refractivity contribution in [3.05, 3.63) is 25.3 Å². The Hall–Kier alpha value is -1.29. The number of nitrogens with one attached hydrogen (secondary N) is 1. The fraction of sp³-hybridized carbons (Fsp3) is 0.583. The van der Waals surface area contributed by atoms with Crippen molar-refractivity contribution in [1.29, 1.82) is 0 Å². The summed E-state index contributed by atoms with van der Waals surface area (Å²) < 4.78 is 5.08. The number of carbonyl (C=O) groups excluding carboxylic acids is 1. The second-order valence-electron chi connectivity index (χ2n) is 4.50. The smallest absolute Gasteiger partial charge is 0.407 e. The lowest BCUT2D eigenvalue weighted by atomic mass is 10.1. The van der Waals surface area contributed by atoms with Gasteiger partial charge in [-0.15, -0.1) is 13.2 Å². The van der Waals surface area contributed by atoms with E-state index in [-0.39, 0.29) is 0 Å². The average Bonchev–Trinajstić information content (AvgIpc) is 2.13. The van der Waals surface area contributed by atoms with E-state index in [4.69, 9.17) is 4.74 Å². The summed E-state index contributed by atoms with van der Waals surface area (Å²) in [7, 11) is 0. The minimum absolute atomic E-state index is 0.451. The van der Waals surface area contributed by atoms with Crippen LogP contribution in [0.25, 0.3) is 0 Å². The van der Waals surface area contributed by atoms with Gasteiger partial charge in [-0.3, -0.25) is 0 Å². The molecule has 0 saturated carbocycles. The Balaban J connectivity index is 4.34. The van der Waals surface area contributed by atoms with Crippen LogP contribution in [0.2, 0.25) is 0 Å². The summed E-state index contributed by atoms with van der Waals surface area (Å²) in [5.41, 5.74) is -0.554. The first-order valence-electron chi connectivity index (χ1n) is 5.21. The SMILES string of the molecule is C=CCC(NC(=O)OC(C)(C)C)C(O)C=C. The van der Waals surface area contributed by atoms with Gasteiger partial charge in [0, 0.05) is 0 Å². The lowest BCUT2D eigenvalue weighted by molar-refractivity contribution is 0.0456. The highest BCUT2D eigenvalue weighted by atomic mass is 16.6. The van der Waals surface area contributed by atoms with E-state index in [2.05, 4.69) is 18.5 Å². The van der Waals surface area contributed by atoms with Crippen molar-refractivity contribution in [3.63, 3.8) is 0 Å². The van der Waals surface area contributed by atoms with Crippen molar-refractivity contribution < 1.29 is 14.6 Å². The molecule has 4 heteroatoms. The van der Waals surface area contributed by atoms with Gasteiger partial charge in [0.1, 0.15) is 5.60 Å². The van der Waals surface area contributed by atoms with Gasteiger partial charge in [-0.05, 0) is 27.2 Å². The zero-order chi connectivity index (χ0) is 12.8. The first kappa shape index (κ1) is 14.7. The third-order valence-electron chi connectivity index (χ3n) is 1.78. The number of aliphatic hydroxyl groups excluding tert-OH is 1. The minimum atomic E-state index is -0.814. The molecule has 2 unspecified atom stereocenters. The number of carbonyl (C=O) groups is 1. The quantitative estimate of drug-likeness (QED) is 0.706. The summed E-state index contributed by atoms with van der Waals surface area (Å²) >= 11 is 0. The fourth-order valence-electron chi connectivity index (χ4n) is 1.09. The molecule has 0 spiro atoms. The van der Waals surface area contributed by atoms with Crippen LogP contribution in [0.3, 0.4) is 0 Å².